The fourth-order valence-corrected chi connectivity index (χ4v) is 3.45. The van der Waals surface area contributed by atoms with Crippen molar-refractivity contribution in [2.45, 2.75) is 13.3 Å². The zero-order chi connectivity index (χ0) is 16.4. The lowest BCUT2D eigenvalue weighted by Gasteiger charge is -2.36. The van der Waals surface area contributed by atoms with Gasteiger partial charge in [0.25, 0.3) is 0 Å². The first kappa shape index (κ1) is 15.1. The number of pyridine rings is 1. The summed E-state index contributed by atoms with van der Waals surface area (Å²) in [6.07, 6.45) is 2.98. The molecule has 124 valence electrons. The minimum absolute atomic E-state index is 0.928. The molecule has 3 heterocycles. The molecule has 0 radical (unpaired) electrons. The van der Waals surface area contributed by atoms with Crippen molar-refractivity contribution in [1.82, 2.24) is 19.5 Å². The summed E-state index contributed by atoms with van der Waals surface area (Å²) in [5.74, 6) is 1.05. The Morgan fingerprint density at radius 1 is 0.917 bits per heavy atom. The predicted octanol–water partition coefficient (Wildman–Crippen LogP) is 2.40. The van der Waals surface area contributed by atoms with Crippen molar-refractivity contribution in [3.8, 4) is 0 Å². The van der Waals surface area contributed by atoms with E-state index in [0.29, 0.717) is 0 Å². The number of aromatic nitrogens is 3. The quantitative estimate of drug-likeness (QED) is 0.739. The van der Waals surface area contributed by atoms with Crippen LogP contribution in [0, 0.1) is 6.92 Å². The highest BCUT2D eigenvalue weighted by Crippen LogP contribution is 2.20. The lowest BCUT2D eigenvalue weighted by molar-refractivity contribution is 0.259. The molecule has 1 aromatic carbocycles. The van der Waals surface area contributed by atoms with Gasteiger partial charge in [-0.15, -0.1) is 10.2 Å². The Labute approximate surface area is 142 Å². The van der Waals surface area contributed by atoms with Crippen LogP contribution in [0.25, 0.3) is 5.65 Å². The Morgan fingerprint density at radius 2 is 1.71 bits per heavy atom. The van der Waals surface area contributed by atoms with Gasteiger partial charge in [0, 0.05) is 51.0 Å². The van der Waals surface area contributed by atoms with E-state index < -0.39 is 0 Å². The normalized spacial score (nSPS) is 16.0. The Morgan fingerprint density at radius 3 is 2.54 bits per heavy atom. The van der Waals surface area contributed by atoms with Gasteiger partial charge in [0.15, 0.2) is 5.65 Å². The predicted molar refractivity (Wildman–Crippen MR) is 96.5 cm³/mol. The highest BCUT2D eigenvalue weighted by Gasteiger charge is 2.18. The second-order valence-electron chi connectivity index (χ2n) is 6.41. The van der Waals surface area contributed by atoms with Crippen LogP contribution in [0.15, 0.2) is 48.7 Å². The fraction of sp³-hybridized carbons (Fsp3) is 0.368. The van der Waals surface area contributed by atoms with Crippen molar-refractivity contribution in [1.29, 1.82) is 0 Å². The number of anilines is 1. The third-order valence-corrected chi connectivity index (χ3v) is 4.86. The summed E-state index contributed by atoms with van der Waals surface area (Å²) >= 11 is 0. The van der Waals surface area contributed by atoms with Gasteiger partial charge in [0.1, 0.15) is 5.82 Å². The summed E-state index contributed by atoms with van der Waals surface area (Å²) in [6.45, 7) is 7.61. The molecule has 1 saturated heterocycles. The maximum atomic E-state index is 4.33. The van der Waals surface area contributed by atoms with Gasteiger partial charge in [0.05, 0.1) is 0 Å². The monoisotopic (exact) mass is 321 g/mol. The molecule has 0 bridgehead atoms. The number of hydrogen-bond acceptors (Lipinski definition) is 4. The standard InChI is InChI=1S/C19H23N5/c1-16-6-2-3-7-17(16)23-14-12-22(13-15-23)11-9-19-21-20-18-8-4-5-10-24(18)19/h2-8,10H,9,11-15H2,1H3. The average Bonchev–Trinajstić information content (AvgIpc) is 3.04. The smallest absolute Gasteiger partial charge is 0.160 e. The van der Waals surface area contributed by atoms with Crippen LogP contribution in [0.1, 0.15) is 11.4 Å². The molecule has 0 unspecified atom stereocenters. The molecular weight excluding hydrogens is 298 g/mol. The van der Waals surface area contributed by atoms with Gasteiger partial charge in [-0.2, -0.15) is 0 Å². The summed E-state index contributed by atoms with van der Waals surface area (Å²) in [5, 5.41) is 8.56. The van der Waals surface area contributed by atoms with Crippen LogP contribution in [0.2, 0.25) is 0 Å². The van der Waals surface area contributed by atoms with Crippen molar-refractivity contribution in [3.63, 3.8) is 0 Å². The van der Waals surface area contributed by atoms with Crippen LogP contribution in [-0.4, -0.2) is 52.2 Å². The maximum Gasteiger partial charge on any atom is 0.160 e. The first-order valence-electron chi connectivity index (χ1n) is 8.63. The number of para-hydroxylation sites is 1. The first-order chi connectivity index (χ1) is 11.8. The molecule has 5 heteroatoms. The van der Waals surface area contributed by atoms with Gasteiger partial charge in [0.2, 0.25) is 0 Å². The van der Waals surface area contributed by atoms with Gasteiger partial charge in [-0.1, -0.05) is 24.3 Å². The van der Waals surface area contributed by atoms with Crippen molar-refractivity contribution in [2.75, 3.05) is 37.6 Å². The second kappa shape index (κ2) is 6.61. The van der Waals surface area contributed by atoms with Crippen molar-refractivity contribution < 1.29 is 0 Å². The minimum Gasteiger partial charge on any atom is -0.369 e. The highest BCUT2D eigenvalue weighted by molar-refractivity contribution is 5.53. The average molecular weight is 321 g/mol. The molecular formula is C19H23N5. The third kappa shape index (κ3) is 2.99. The number of nitrogens with zero attached hydrogens (tertiary/aromatic N) is 5. The Kier molecular flexibility index (Phi) is 4.17. The van der Waals surface area contributed by atoms with Crippen molar-refractivity contribution in [3.05, 3.63) is 60.0 Å². The number of piperazine rings is 1. The molecule has 1 aliphatic rings. The molecule has 0 aliphatic carbocycles. The molecule has 5 nitrogen and oxygen atoms in total. The summed E-state index contributed by atoms with van der Waals surface area (Å²) in [7, 11) is 0. The zero-order valence-corrected chi connectivity index (χ0v) is 14.1. The number of rotatable bonds is 4. The Bertz CT molecular complexity index is 817. The summed E-state index contributed by atoms with van der Waals surface area (Å²) in [4.78, 5) is 5.02. The molecule has 4 rings (SSSR count). The number of hydrogen-bond donors (Lipinski definition) is 0. The minimum atomic E-state index is 0.928. The highest BCUT2D eigenvalue weighted by atomic mass is 15.3. The SMILES string of the molecule is Cc1ccccc1N1CCN(CCc2nnc3ccccn23)CC1. The van der Waals surface area contributed by atoms with E-state index in [9.17, 15) is 0 Å². The zero-order valence-electron chi connectivity index (χ0n) is 14.1. The molecule has 0 saturated carbocycles. The number of fused-ring (bicyclic) bond motifs is 1. The summed E-state index contributed by atoms with van der Waals surface area (Å²) < 4.78 is 2.09. The molecule has 0 amide bonds. The second-order valence-corrected chi connectivity index (χ2v) is 6.41. The first-order valence-corrected chi connectivity index (χ1v) is 8.63. The Balaban J connectivity index is 1.34. The van der Waals surface area contributed by atoms with Gasteiger partial charge in [-0.3, -0.25) is 9.30 Å². The molecule has 0 atom stereocenters. The molecule has 1 fully saturated rings. The molecule has 3 aromatic rings. The Hall–Kier alpha value is -2.40. The van der Waals surface area contributed by atoms with Gasteiger partial charge >= 0.3 is 0 Å². The fourth-order valence-electron chi connectivity index (χ4n) is 3.45. The maximum absolute atomic E-state index is 4.33. The topological polar surface area (TPSA) is 36.7 Å². The number of benzene rings is 1. The van der Waals surface area contributed by atoms with E-state index in [1.54, 1.807) is 0 Å². The van der Waals surface area contributed by atoms with Crippen LogP contribution in [0.5, 0.6) is 0 Å². The van der Waals surface area contributed by atoms with Crippen LogP contribution >= 0.6 is 0 Å². The molecule has 0 N–H and O–H groups in total. The van der Waals surface area contributed by atoms with Crippen LogP contribution in [-0.2, 0) is 6.42 Å². The van der Waals surface area contributed by atoms with Crippen LogP contribution in [0.4, 0.5) is 5.69 Å². The van der Waals surface area contributed by atoms with E-state index in [2.05, 4.69) is 55.6 Å². The summed E-state index contributed by atoms with van der Waals surface area (Å²) in [6, 6.07) is 14.7. The molecule has 0 spiro atoms. The van der Waals surface area contributed by atoms with E-state index in [1.807, 2.05) is 24.4 Å². The number of aryl methyl sites for hydroxylation is 1. The van der Waals surface area contributed by atoms with Crippen LogP contribution in [0.3, 0.4) is 0 Å². The van der Waals surface area contributed by atoms with E-state index in [0.717, 1.165) is 50.6 Å². The van der Waals surface area contributed by atoms with Gasteiger partial charge < -0.3 is 4.90 Å². The largest absolute Gasteiger partial charge is 0.369 e. The van der Waals surface area contributed by atoms with E-state index in [1.165, 1.54) is 11.3 Å². The summed E-state index contributed by atoms with van der Waals surface area (Å²) in [5.41, 5.74) is 3.67. The van der Waals surface area contributed by atoms with Crippen molar-refractivity contribution >= 4 is 11.3 Å². The van der Waals surface area contributed by atoms with Gasteiger partial charge in [-0.05, 0) is 30.7 Å². The molecule has 24 heavy (non-hydrogen) atoms. The lowest BCUT2D eigenvalue weighted by Crippen LogP contribution is -2.47. The molecule has 1 aliphatic heterocycles. The van der Waals surface area contributed by atoms with E-state index in [4.69, 9.17) is 0 Å². The van der Waals surface area contributed by atoms with Crippen LogP contribution < -0.4 is 4.90 Å². The van der Waals surface area contributed by atoms with E-state index in [-0.39, 0.29) is 0 Å². The third-order valence-electron chi connectivity index (χ3n) is 4.86. The van der Waals surface area contributed by atoms with Gasteiger partial charge in [-0.25, -0.2) is 0 Å². The lowest BCUT2D eigenvalue weighted by atomic mass is 10.1. The van der Waals surface area contributed by atoms with Crippen molar-refractivity contribution in [2.24, 2.45) is 0 Å². The van der Waals surface area contributed by atoms with E-state index >= 15 is 0 Å². The molecule has 2 aromatic heterocycles.